The van der Waals surface area contributed by atoms with Crippen molar-refractivity contribution in [1.29, 1.82) is 0 Å². The minimum Gasteiger partial charge on any atom is -0.357 e. The van der Waals surface area contributed by atoms with Crippen LogP contribution in [0.1, 0.15) is 58.8 Å². The van der Waals surface area contributed by atoms with E-state index in [4.69, 9.17) is 0 Å². The van der Waals surface area contributed by atoms with Gasteiger partial charge in [0.2, 0.25) is 11.8 Å². The van der Waals surface area contributed by atoms with Crippen LogP contribution in [-0.2, 0) is 9.59 Å². The van der Waals surface area contributed by atoms with Gasteiger partial charge in [0.05, 0.1) is 6.54 Å². The number of hydrogen-bond acceptors (Lipinski definition) is 3. The molecule has 1 aliphatic carbocycles. The van der Waals surface area contributed by atoms with E-state index >= 15 is 0 Å². The monoisotopic (exact) mass is 365 g/mol. The highest BCUT2D eigenvalue weighted by molar-refractivity contribution is 5.81. The van der Waals surface area contributed by atoms with Gasteiger partial charge in [0.1, 0.15) is 0 Å². The van der Waals surface area contributed by atoms with E-state index in [2.05, 4.69) is 20.9 Å². The molecule has 1 atom stereocenters. The second-order valence-electron chi connectivity index (χ2n) is 7.29. The summed E-state index contributed by atoms with van der Waals surface area (Å²) in [6.07, 6.45) is 7.07. The molecule has 0 bridgehead atoms. The largest absolute Gasteiger partial charge is 0.357 e. The molecule has 148 valence electrons. The molecule has 2 rings (SSSR count). The number of nitrogens with zero attached hydrogens (tertiary/aromatic N) is 2. The van der Waals surface area contributed by atoms with E-state index in [1.54, 1.807) is 0 Å². The van der Waals surface area contributed by atoms with Crippen molar-refractivity contribution < 1.29 is 9.59 Å². The van der Waals surface area contributed by atoms with E-state index in [-0.39, 0.29) is 17.9 Å². The smallest absolute Gasteiger partial charge is 0.222 e. The van der Waals surface area contributed by atoms with Gasteiger partial charge in [-0.05, 0) is 32.1 Å². The molecule has 0 spiro atoms. The molecule has 7 nitrogen and oxygen atoms in total. The Morgan fingerprint density at radius 2 is 1.88 bits per heavy atom. The molecule has 0 aromatic rings. The van der Waals surface area contributed by atoms with Gasteiger partial charge in [0.15, 0.2) is 5.96 Å². The summed E-state index contributed by atoms with van der Waals surface area (Å²) in [6, 6.07) is 0.236. The summed E-state index contributed by atoms with van der Waals surface area (Å²) in [5.41, 5.74) is 0. The maximum atomic E-state index is 11.9. The van der Waals surface area contributed by atoms with Gasteiger partial charge in [-0.1, -0.05) is 19.8 Å². The summed E-state index contributed by atoms with van der Waals surface area (Å²) in [4.78, 5) is 30.2. The zero-order valence-electron chi connectivity index (χ0n) is 16.4. The molecule has 1 saturated heterocycles. The molecule has 1 saturated carbocycles. The van der Waals surface area contributed by atoms with Crippen LogP contribution in [0.4, 0.5) is 0 Å². The van der Waals surface area contributed by atoms with Gasteiger partial charge in [-0.2, -0.15) is 0 Å². The Labute approximate surface area is 157 Å². The molecule has 2 fully saturated rings. The second kappa shape index (κ2) is 11.0. The molecule has 3 N–H and O–H groups in total. The Morgan fingerprint density at radius 1 is 1.12 bits per heavy atom. The van der Waals surface area contributed by atoms with Crippen LogP contribution in [0.5, 0.6) is 0 Å². The zero-order chi connectivity index (χ0) is 18.8. The van der Waals surface area contributed by atoms with Crippen molar-refractivity contribution in [2.75, 3.05) is 32.7 Å². The van der Waals surface area contributed by atoms with Crippen molar-refractivity contribution in [1.82, 2.24) is 20.9 Å². The van der Waals surface area contributed by atoms with E-state index < -0.39 is 0 Å². The van der Waals surface area contributed by atoms with Crippen LogP contribution in [0.3, 0.4) is 0 Å². The number of hydrogen-bond donors (Lipinski definition) is 3. The number of nitrogens with one attached hydrogen (secondary N) is 3. The van der Waals surface area contributed by atoms with Crippen LogP contribution >= 0.6 is 0 Å². The Bertz CT molecular complexity index is 488. The number of likely N-dealkylation sites (tertiary alicyclic amines) is 1. The highest BCUT2D eigenvalue weighted by Crippen LogP contribution is 2.27. The Hall–Kier alpha value is -1.79. The lowest BCUT2D eigenvalue weighted by atomic mass is 10.0. The van der Waals surface area contributed by atoms with E-state index in [9.17, 15) is 9.59 Å². The fraction of sp³-hybridized carbons (Fsp3) is 0.842. The molecule has 0 radical (unpaired) electrons. The van der Waals surface area contributed by atoms with Crippen molar-refractivity contribution in [3.05, 3.63) is 0 Å². The van der Waals surface area contributed by atoms with Crippen LogP contribution < -0.4 is 16.0 Å². The van der Waals surface area contributed by atoms with Crippen molar-refractivity contribution in [2.24, 2.45) is 10.9 Å². The molecule has 2 aliphatic rings. The first kappa shape index (κ1) is 20.5. The third-order valence-electron chi connectivity index (χ3n) is 5.18. The van der Waals surface area contributed by atoms with Gasteiger partial charge in [-0.25, -0.2) is 0 Å². The van der Waals surface area contributed by atoms with Crippen LogP contribution in [0, 0.1) is 5.92 Å². The normalized spacial score (nSPS) is 21.1. The number of carbonyl (C=O) groups is 2. The summed E-state index contributed by atoms with van der Waals surface area (Å²) in [6.45, 7) is 7.36. The molecule has 0 aromatic carbocycles. The van der Waals surface area contributed by atoms with Crippen molar-refractivity contribution in [3.63, 3.8) is 0 Å². The lowest BCUT2D eigenvalue weighted by Gasteiger charge is -2.18. The summed E-state index contributed by atoms with van der Waals surface area (Å²) in [7, 11) is 0. The average molecular weight is 366 g/mol. The van der Waals surface area contributed by atoms with Crippen molar-refractivity contribution in [2.45, 2.75) is 64.8 Å². The fourth-order valence-electron chi connectivity index (χ4n) is 3.75. The first-order valence-electron chi connectivity index (χ1n) is 10.2. The van der Waals surface area contributed by atoms with E-state index in [0.29, 0.717) is 31.8 Å². The molecule has 1 aliphatic heterocycles. The van der Waals surface area contributed by atoms with Gasteiger partial charge in [-0.3, -0.25) is 14.6 Å². The lowest BCUT2D eigenvalue weighted by Crippen LogP contribution is -2.45. The number of rotatable bonds is 8. The predicted octanol–water partition coefficient (Wildman–Crippen LogP) is 1.25. The first-order chi connectivity index (χ1) is 12.6. The average Bonchev–Trinajstić information content (AvgIpc) is 3.30. The fourth-order valence-corrected chi connectivity index (χ4v) is 3.75. The van der Waals surface area contributed by atoms with Gasteiger partial charge in [0.25, 0.3) is 0 Å². The highest BCUT2D eigenvalue weighted by atomic mass is 16.2. The standard InChI is InChI=1S/C19H35N5O2/c1-3-18(26)24-12-9-16(14-24)23-19(20-4-2)22-11-10-21-17(25)13-15-7-5-6-8-15/h15-16H,3-14H2,1-2H3,(H,21,25)(H2,20,22,23). The van der Waals surface area contributed by atoms with Crippen molar-refractivity contribution >= 4 is 17.8 Å². The Balaban J connectivity index is 1.69. The van der Waals surface area contributed by atoms with Crippen LogP contribution in [0.25, 0.3) is 0 Å². The molecule has 2 amide bonds. The number of amides is 2. The van der Waals surface area contributed by atoms with Crippen molar-refractivity contribution in [3.8, 4) is 0 Å². The number of carbonyl (C=O) groups excluding carboxylic acids is 2. The van der Waals surface area contributed by atoms with E-state index in [1.807, 2.05) is 18.7 Å². The molecule has 26 heavy (non-hydrogen) atoms. The first-order valence-corrected chi connectivity index (χ1v) is 10.2. The molecular formula is C19H35N5O2. The maximum Gasteiger partial charge on any atom is 0.222 e. The van der Waals surface area contributed by atoms with Gasteiger partial charge in [-0.15, -0.1) is 0 Å². The molecular weight excluding hydrogens is 330 g/mol. The highest BCUT2D eigenvalue weighted by Gasteiger charge is 2.25. The minimum absolute atomic E-state index is 0.148. The predicted molar refractivity (Wildman–Crippen MR) is 104 cm³/mol. The maximum absolute atomic E-state index is 11.9. The van der Waals surface area contributed by atoms with Crippen LogP contribution in [0.2, 0.25) is 0 Å². The minimum atomic E-state index is 0.148. The van der Waals surface area contributed by atoms with Crippen LogP contribution in [0.15, 0.2) is 4.99 Å². The molecule has 7 heteroatoms. The number of guanidine groups is 1. The van der Waals surface area contributed by atoms with Gasteiger partial charge in [0, 0.05) is 45.1 Å². The number of aliphatic imine (C=N–C) groups is 1. The summed E-state index contributed by atoms with van der Waals surface area (Å²) in [5, 5.41) is 9.62. The topological polar surface area (TPSA) is 85.8 Å². The third kappa shape index (κ3) is 6.84. The third-order valence-corrected chi connectivity index (χ3v) is 5.18. The van der Waals surface area contributed by atoms with Gasteiger partial charge < -0.3 is 20.9 Å². The molecule has 1 unspecified atom stereocenters. The zero-order valence-corrected chi connectivity index (χ0v) is 16.4. The molecule has 0 aromatic heterocycles. The Morgan fingerprint density at radius 3 is 2.58 bits per heavy atom. The Kier molecular flexibility index (Phi) is 8.71. The summed E-state index contributed by atoms with van der Waals surface area (Å²) < 4.78 is 0. The molecule has 1 heterocycles. The summed E-state index contributed by atoms with van der Waals surface area (Å²) >= 11 is 0. The lowest BCUT2D eigenvalue weighted by molar-refractivity contribution is -0.129. The van der Waals surface area contributed by atoms with E-state index in [0.717, 1.165) is 32.0 Å². The second-order valence-corrected chi connectivity index (χ2v) is 7.29. The van der Waals surface area contributed by atoms with Gasteiger partial charge >= 0.3 is 0 Å². The quantitative estimate of drug-likeness (QED) is 0.343. The van der Waals surface area contributed by atoms with E-state index in [1.165, 1.54) is 25.7 Å². The SMILES string of the molecule is CCNC(=NCCNC(=O)CC1CCCC1)NC1CCN(C(=O)CC)C1. The van der Waals surface area contributed by atoms with Crippen LogP contribution in [-0.4, -0.2) is 61.4 Å². The summed E-state index contributed by atoms with van der Waals surface area (Å²) in [5.74, 6) is 1.69.